The summed E-state index contributed by atoms with van der Waals surface area (Å²) in [6.45, 7) is 3.02. The number of aromatic nitrogens is 4. The van der Waals surface area contributed by atoms with Crippen LogP contribution in [0.3, 0.4) is 0 Å². The number of hydrogen-bond donors (Lipinski definition) is 1. The van der Waals surface area contributed by atoms with Gasteiger partial charge in [0.2, 0.25) is 5.88 Å². The number of halogens is 1. The standard InChI is InChI=1S/C22H18FN5O3/c1-13-11-17(27-31-13)21(29)25-18-12-15(7-8-24-18)19-20(14-3-5-16(23)6-4-14)26-28-9-2-10-30-22(19)28/h3-8,11-12H,2,9-10H2,1H3,(H,24,25,29). The smallest absolute Gasteiger partial charge is 0.279 e. The Balaban J connectivity index is 1.55. The van der Waals surface area contributed by atoms with Crippen molar-refractivity contribution in [2.24, 2.45) is 0 Å². The molecule has 1 aliphatic rings. The van der Waals surface area contributed by atoms with Gasteiger partial charge in [-0.2, -0.15) is 5.10 Å². The Hall–Kier alpha value is -4.01. The van der Waals surface area contributed by atoms with E-state index < -0.39 is 5.91 Å². The summed E-state index contributed by atoms with van der Waals surface area (Å²) in [6, 6.07) is 11.3. The van der Waals surface area contributed by atoms with Crippen molar-refractivity contribution in [1.82, 2.24) is 19.9 Å². The van der Waals surface area contributed by atoms with Crippen LogP contribution in [0, 0.1) is 12.7 Å². The number of amides is 1. The Bertz CT molecular complexity index is 1260. The van der Waals surface area contributed by atoms with Crippen LogP contribution in [0.5, 0.6) is 5.88 Å². The molecule has 3 aromatic heterocycles. The lowest BCUT2D eigenvalue weighted by molar-refractivity contribution is 0.101. The highest BCUT2D eigenvalue weighted by molar-refractivity contribution is 6.02. The molecule has 0 fully saturated rings. The Morgan fingerprint density at radius 1 is 1.16 bits per heavy atom. The van der Waals surface area contributed by atoms with Gasteiger partial charge in [-0.1, -0.05) is 5.16 Å². The summed E-state index contributed by atoms with van der Waals surface area (Å²) in [6.07, 6.45) is 2.45. The van der Waals surface area contributed by atoms with Gasteiger partial charge in [0.05, 0.1) is 12.2 Å². The number of carbonyl (C=O) groups excluding carboxylic acids is 1. The number of nitrogens with one attached hydrogen (secondary N) is 1. The van der Waals surface area contributed by atoms with Gasteiger partial charge < -0.3 is 14.6 Å². The van der Waals surface area contributed by atoms with Crippen molar-refractivity contribution in [2.75, 3.05) is 11.9 Å². The summed E-state index contributed by atoms with van der Waals surface area (Å²) >= 11 is 0. The lowest BCUT2D eigenvalue weighted by Gasteiger charge is -2.16. The summed E-state index contributed by atoms with van der Waals surface area (Å²) in [5, 5.41) is 11.2. The summed E-state index contributed by atoms with van der Waals surface area (Å²) in [7, 11) is 0. The van der Waals surface area contributed by atoms with Crippen molar-refractivity contribution >= 4 is 11.7 Å². The van der Waals surface area contributed by atoms with Crippen molar-refractivity contribution in [2.45, 2.75) is 19.9 Å². The number of aryl methyl sites for hydroxylation is 2. The highest BCUT2D eigenvalue weighted by Crippen LogP contribution is 2.41. The van der Waals surface area contributed by atoms with E-state index in [0.29, 0.717) is 29.8 Å². The monoisotopic (exact) mass is 419 g/mol. The molecule has 1 N–H and O–H groups in total. The number of hydrogen-bond acceptors (Lipinski definition) is 6. The number of ether oxygens (including phenoxy) is 1. The molecule has 8 nitrogen and oxygen atoms in total. The van der Waals surface area contributed by atoms with Gasteiger partial charge in [0.1, 0.15) is 23.1 Å². The van der Waals surface area contributed by atoms with Crippen LogP contribution in [0.4, 0.5) is 10.2 Å². The Labute approximate surface area is 176 Å². The fourth-order valence-electron chi connectivity index (χ4n) is 3.51. The minimum Gasteiger partial charge on any atom is -0.477 e. The van der Waals surface area contributed by atoms with Crippen molar-refractivity contribution in [3.05, 3.63) is 65.9 Å². The van der Waals surface area contributed by atoms with Crippen LogP contribution in [0.15, 0.2) is 53.2 Å². The lowest BCUT2D eigenvalue weighted by Crippen LogP contribution is -2.15. The number of benzene rings is 1. The third-order valence-electron chi connectivity index (χ3n) is 4.93. The molecule has 5 rings (SSSR count). The van der Waals surface area contributed by atoms with E-state index in [2.05, 4.69) is 15.5 Å². The minimum atomic E-state index is -0.423. The van der Waals surface area contributed by atoms with E-state index in [-0.39, 0.29) is 11.5 Å². The molecule has 9 heteroatoms. The van der Waals surface area contributed by atoms with Crippen molar-refractivity contribution in [3.63, 3.8) is 0 Å². The molecule has 1 aliphatic heterocycles. The van der Waals surface area contributed by atoms with Gasteiger partial charge in [-0.05, 0) is 48.9 Å². The lowest BCUT2D eigenvalue weighted by atomic mass is 10.0. The summed E-state index contributed by atoms with van der Waals surface area (Å²) in [5.41, 5.74) is 3.14. The zero-order valence-electron chi connectivity index (χ0n) is 16.6. The maximum absolute atomic E-state index is 13.5. The van der Waals surface area contributed by atoms with Crippen LogP contribution in [0.25, 0.3) is 22.4 Å². The second-order valence-corrected chi connectivity index (χ2v) is 7.17. The fourth-order valence-corrected chi connectivity index (χ4v) is 3.51. The van der Waals surface area contributed by atoms with Crippen LogP contribution >= 0.6 is 0 Å². The van der Waals surface area contributed by atoms with E-state index in [1.165, 1.54) is 12.1 Å². The molecule has 156 valence electrons. The number of pyridine rings is 1. The Morgan fingerprint density at radius 3 is 2.77 bits per heavy atom. The van der Waals surface area contributed by atoms with E-state index in [4.69, 9.17) is 14.4 Å². The van der Waals surface area contributed by atoms with Gasteiger partial charge in [-0.3, -0.25) is 4.79 Å². The molecular formula is C22H18FN5O3. The summed E-state index contributed by atoms with van der Waals surface area (Å²) in [4.78, 5) is 16.7. The normalized spacial score (nSPS) is 12.8. The van der Waals surface area contributed by atoms with Gasteiger partial charge >= 0.3 is 0 Å². The molecule has 0 spiro atoms. The largest absolute Gasteiger partial charge is 0.477 e. The second-order valence-electron chi connectivity index (χ2n) is 7.17. The van der Waals surface area contributed by atoms with E-state index in [1.54, 1.807) is 37.4 Å². The predicted octanol–water partition coefficient (Wildman–Crippen LogP) is 4.08. The first-order valence-corrected chi connectivity index (χ1v) is 9.79. The molecule has 0 saturated heterocycles. The Kier molecular flexibility index (Phi) is 4.70. The molecule has 4 aromatic rings. The Morgan fingerprint density at radius 2 is 2.00 bits per heavy atom. The molecule has 0 atom stereocenters. The van der Waals surface area contributed by atoms with Crippen LogP contribution in [-0.2, 0) is 6.54 Å². The maximum atomic E-state index is 13.5. The number of anilines is 1. The van der Waals surface area contributed by atoms with Gasteiger partial charge in [0, 0.05) is 30.8 Å². The van der Waals surface area contributed by atoms with Crippen LogP contribution in [-0.4, -0.2) is 32.4 Å². The van der Waals surface area contributed by atoms with E-state index in [1.807, 2.05) is 10.7 Å². The topological polar surface area (TPSA) is 95.1 Å². The average molecular weight is 419 g/mol. The van der Waals surface area contributed by atoms with Crippen LogP contribution < -0.4 is 10.1 Å². The molecule has 1 aromatic carbocycles. The summed E-state index contributed by atoms with van der Waals surface area (Å²) < 4.78 is 26.2. The van der Waals surface area contributed by atoms with Crippen molar-refractivity contribution < 1.29 is 18.4 Å². The van der Waals surface area contributed by atoms with E-state index >= 15 is 0 Å². The van der Waals surface area contributed by atoms with Crippen LogP contribution in [0.1, 0.15) is 22.7 Å². The number of rotatable bonds is 4. The molecule has 0 unspecified atom stereocenters. The molecule has 0 saturated carbocycles. The first kappa shape index (κ1) is 19.0. The maximum Gasteiger partial charge on any atom is 0.279 e. The number of nitrogens with zero attached hydrogens (tertiary/aromatic N) is 4. The highest BCUT2D eigenvalue weighted by Gasteiger charge is 2.25. The van der Waals surface area contributed by atoms with Gasteiger partial charge in [0.15, 0.2) is 5.69 Å². The van der Waals surface area contributed by atoms with Crippen LogP contribution in [0.2, 0.25) is 0 Å². The predicted molar refractivity (Wildman–Crippen MR) is 110 cm³/mol. The fraction of sp³-hybridized carbons (Fsp3) is 0.182. The molecule has 0 bridgehead atoms. The first-order chi connectivity index (χ1) is 15.1. The van der Waals surface area contributed by atoms with E-state index in [9.17, 15) is 9.18 Å². The third-order valence-corrected chi connectivity index (χ3v) is 4.93. The molecule has 4 heterocycles. The van der Waals surface area contributed by atoms with E-state index in [0.717, 1.165) is 29.7 Å². The zero-order valence-corrected chi connectivity index (χ0v) is 16.6. The van der Waals surface area contributed by atoms with Crippen molar-refractivity contribution in [3.8, 4) is 28.3 Å². The third kappa shape index (κ3) is 3.65. The minimum absolute atomic E-state index is 0.169. The second kappa shape index (κ2) is 7.67. The van der Waals surface area contributed by atoms with Gasteiger partial charge in [-0.25, -0.2) is 14.1 Å². The van der Waals surface area contributed by atoms with Gasteiger partial charge in [0.25, 0.3) is 5.91 Å². The highest BCUT2D eigenvalue weighted by atomic mass is 19.1. The molecule has 0 radical (unpaired) electrons. The average Bonchev–Trinajstić information content (AvgIpc) is 3.38. The molecule has 31 heavy (non-hydrogen) atoms. The number of fused-ring (bicyclic) bond motifs is 1. The summed E-state index contributed by atoms with van der Waals surface area (Å²) in [5.74, 6) is 0.792. The molecule has 0 aliphatic carbocycles. The zero-order chi connectivity index (χ0) is 21.4. The molecule has 1 amide bonds. The van der Waals surface area contributed by atoms with Crippen molar-refractivity contribution in [1.29, 1.82) is 0 Å². The quantitative estimate of drug-likeness (QED) is 0.536. The number of carbonyl (C=O) groups is 1. The first-order valence-electron chi connectivity index (χ1n) is 9.79. The molecular weight excluding hydrogens is 401 g/mol. The van der Waals surface area contributed by atoms with Gasteiger partial charge in [-0.15, -0.1) is 0 Å². The SMILES string of the molecule is Cc1cc(C(=O)Nc2cc(-c3c(-c4ccc(F)cc4)nn4c3OCCC4)ccn2)no1.